The second-order valence-electron chi connectivity index (χ2n) is 5.34. The maximum absolute atomic E-state index is 11.0. The van der Waals surface area contributed by atoms with Gasteiger partial charge in [0.1, 0.15) is 5.69 Å². The molecule has 1 aromatic rings. The summed E-state index contributed by atoms with van der Waals surface area (Å²) in [5, 5.41) is 24.8. The van der Waals surface area contributed by atoms with E-state index in [4.69, 9.17) is 0 Å². The zero-order chi connectivity index (χ0) is 14.2. The third-order valence-electron chi connectivity index (χ3n) is 3.44. The molecule has 2 rings (SSSR count). The van der Waals surface area contributed by atoms with Gasteiger partial charge < -0.3 is 5.32 Å². The van der Waals surface area contributed by atoms with Crippen molar-refractivity contribution in [3.63, 3.8) is 0 Å². The minimum Gasteiger partial charge on any atom is -0.374 e. The Bertz CT molecular complexity index is 538. The Hall–Kier alpha value is -2.18. The summed E-state index contributed by atoms with van der Waals surface area (Å²) >= 11 is 0. The monoisotopic (exact) mass is 265 g/mol. The molecular formula is C12H15N3O4. The lowest BCUT2D eigenvalue weighted by Gasteiger charge is -2.27. The van der Waals surface area contributed by atoms with Gasteiger partial charge in [-0.2, -0.15) is 0 Å². The van der Waals surface area contributed by atoms with Crippen molar-refractivity contribution in [1.82, 2.24) is 0 Å². The van der Waals surface area contributed by atoms with Gasteiger partial charge >= 0.3 is 0 Å². The molecule has 0 spiro atoms. The van der Waals surface area contributed by atoms with E-state index in [0.717, 1.165) is 18.9 Å². The molecule has 0 atom stereocenters. The van der Waals surface area contributed by atoms with Gasteiger partial charge in [0.05, 0.1) is 15.9 Å². The number of nitro groups is 2. The van der Waals surface area contributed by atoms with Crippen molar-refractivity contribution in [2.45, 2.75) is 32.2 Å². The Morgan fingerprint density at radius 3 is 2.32 bits per heavy atom. The summed E-state index contributed by atoms with van der Waals surface area (Å²) in [5.41, 5.74) is -0.460. The second kappa shape index (κ2) is 4.49. The number of nitrogens with one attached hydrogen (secondary N) is 1. The molecule has 1 saturated carbocycles. The molecule has 7 nitrogen and oxygen atoms in total. The zero-order valence-corrected chi connectivity index (χ0v) is 10.8. The highest BCUT2D eigenvalue weighted by atomic mass is 16.6. The van der Waals surface area contributed by atoms with Crippen molar-refractivity contribution < 1.29 is 9.85 Å². The minimum absolute atomic E-state index is 0.249. The van der Waals surface area contributed by atoms with Crippen molar-refractivity contribution in [2.75, 3.05) is 5.32 Å². The van der Waals surface area contributed by atoms with Gasteiger partial charge in [0, 0.05) is 11.6 Å². The molecule has 1 N–H and O–H groups in total. The van der Waals surface area contributed by atoms with E-state index in [0.29, 0.717) is 11.6 Å². The summed E-state index contributed by atoms with van der Waals surface area (Å²) in [4.78, 5) is 20.4. The van der Waals surface area contributed by atoms with Crippen LogP contribution < -0.4 is 5.32 Å². The first kappa shape index (κ1) is 13.3. The molecule has 0 saturated heterocycles. The summed E-state index contributed by atoms with van der Waals surface area (Å²) in [6.45, 7) is 3.96. The molecule has 19 heavy (non-hydrogen) atoms. The number of nitrogens with zero attached hydrogens (tertiary/aromatic N) is 2. The highest BCUT2D eigenvalue weighted by Crippen LogP contribution is 2.42. The van der Waals surface area contributed by atoms with Gasteiger partial charge in [-0.1, -0.05) is 0 Å². The van der Waals surface area contributed by atoms with Crippen LogP contribution in [0.1, 0.15) is 26.7 Å². The van der Waals surface area contributed by atoms with Crippen LogP contribution in [-0.4, -0.2) is 15.4 Å². The first-order valence-electron chi connectivity index (χ1n) is 6.02. The van der Waals surface area contributed by atoms with Crippen LogP contribution in [0.25, 0.3) is 0 Å². The number of anilines is 1. The Labute approximate surface area is 109 Å². The molecule has 1 aliphatic rings. The van der Waals surface area contributed by atoms with Crippen molar-refractivity contribution in [3.8, 4) is 0 Å². The van der Waals surface area contributed by atoms with Gasteiger partial charge in [-0.15, -0.1) is 0 Å². The molecule has 0 bridgehead atoms. The quantitative estimate of drug-likeness (QED) is 0.651. The topological polar surface area (TPSA) is 98.3 Å². The Morgan fingerprint density at radius 1 is 1.21 bits per heavy atom. The number of rotatable bonds is 5. The fourth-order valence-electron chi connectivity index (χ4n) is 2.14. The van der Waals surface area contributed by atoms with Crippen molar-refractivity contribution in [2.24, 2.45) is 5.92 Å². The van der Waals surface area contributed by atoms with E-state index in [9.17, 15) is 20.2 Å². The molecular weight excluding hydrogens is 250 g/mol. The summed E-state index contributed by atoms with van der Waals surface area (Å²) < 4.78 is 0. The molecule has 0 radical (unpaired) electrons. The molecule has 1 aromatic carbocycles. The van der Waals surface area contributed by atoms with Gasteiger partial charge in [0.15, 0.2) is 0 Å². The van der Waals surface area contributed by atoms with Crippen LogP contribution in [0.5, 0.6) is 0 Å². The van der Waals surface area contributed by atoms with Crippen molar-refractivity contribution in [3.05, 3.63) is 38.4 Å². The number of benzene rings is 1. The fraction of sp³-hybridized carbons (Fsp3) is 0.500. The van der Waals surface area contributed by atoms with Crippen LogP contribution >= 0.6 is 0 Å². The lowest BCUT2D eigenvalue weighted by molar-refractivity contribution is -0.393. The van der Waals surface area contributed by atoms with E-state index in [-0.39, 0.29) is 16.9 Å². The molecule has 1 fully saturated rings. The molecule has 7 heteroatoms. The first-order valence-corrected chi connectivity index (χ1v) is 6.02. The van der Waals surface area contributed by atoms with Crippen LogP contribution in [0.4, 0.5) is 17.1 Å². The summed E-state index contributed by atoms with van der Waals surface area (Å²) in [7, 11) is 0. The standard InChI is InChI=1S/C12H15N3O4/c1-12(2,8-3-4-8)13-10-6-5-9(14(16)17)7-11(10)15(18)19/h5-8,13H,3-4H2,1-2H3. The maximum atomic E-state index is 11.0. The lowest BCUT2D eigenvalue weighted by Crippen LogP contribution is -2.33. The number of hydrogen-bond donors (Lipinski definition) is 1. The van der Waals surface area contributed by atoms with Gasteiger partial charge in [-0.05, 0) is 38.7 Å². The van der Waals surface area contributed by atoms with Crippen LogP contribution in [0.15, 0.2) is 18.2 Å². The van der Waals surface area contributed by atoms with E-state index in [1.807, 2.05) is 13.8 Å². The average molecular weight is 265 g/mol. The van der Waals surface area contributed by atoms with Gasteiger partial charge in [0.25, 0.3) is 11.4 Å². The first-order chi connectivity index (χ1) is 8.81. The van der Waals surface area contributed by atoms with E-state index in [1.165, 1.54) is 12.1 Å². The highest BCUT2D eigenvalue weighted by molar-refractivity contribution is 5.66. The zero-order valence-electron chi connectivity index (χ0n) is 10.8. The van der Waals surface area contributed by atoms with E-state index in [1.54, 1.807) is 0 Å². The summed E-state index contributed by atoms with van der Waals surface area (Å²) in [6.07, 6.45) is 2.20. The molecule has 0 heterocycles. The maximum Gasteiger partial charge on any atom is 0.299 e. The molecule has 0 unspecified atom stereocenters. The predicted molar refractivity (Wildman–Crippen MR) is 70.2 cm³/mol. The van der Waals surface area contributed by atoms with E-state index < -0.39 is 9.85 Å². The van der Waals surface area contributed by atoms with E-state index >= 15 is 0 Å². The minimum atomic E-state index is -0.636. The Balaban J connectivity index is 2.34. The van der Waals surface area contributed by atoms with Gasteiger partial charge in [-0.3, -0.25) is 20.2 Å². The van der Waals surface area contributed by atoms with Crippen molar-refractivity contribution >= 4 is 17.1 Å². The smallest absolute Gasteiger partial charge is 0.299 e. The van der Waals surface area contributed by atoms with Crippen LogP contribution in [0.2, 0.25) is 0 Å². The molecule has 1 aliphatic carbocycles. The molecule has 102 valence electrons. The molecule has 0 aliphatic heterocycles. The molecule has 0 amide bonds. The summed E-state index contributed by atoms with van der Waals surface area (Å²) in [5.74, 6) is 0.488. The average Bonchev–Trinajstić information content (AvgIpc) is 3.12. The van der Waals surface area contributed by atoms with Crippen LogP contribution in [0, 0.1) is 26.1 Å². The van der Waals surface area contributed by atoms with Crippen LogP contribution in [0.3, 0.4) is 0 Å². The van der Waals surface area contributed by atoms with Crippen LogP contribution in [-0.2, 0) is 0 Å². The second-order valence-corrected chi connectivity index (χ2v) is 5.34. The van der Waals surface area contributed by atoms with Crippen molar-refractivity contribution in [1.29, 1.82) is 0 Å². The fourth-order valence-corrected chi connectivity index (χ4v) is 2.14. The third kappa shape index (κ3) is 2.81. The lowest BCUT2D eigenvalue weighted by atomic mass is 9.98. The number of nitro benzene ring substituents is 2. The largest absolute Gasteiger partial charge is 0.374 e. The molecule has 0 aromatic heterocycles. The highest BCUT2D eigenvalue weighted by Gasteiger charge is 2.38. The number of hydrogen-bond acceptors (Lipinski definition) is 5. The van der Waals surface area contributed by atoms with Gasteiger partial charge in [0.2, 0.25) is 0 Å². The Morgan fingerprint density at radius 2 is 1.84 bits per heavy atom. The predicted octanol–water partition coefficient (Wildman–Crippen LogP) is 3.10. The SMILES string of the molecule is CC(C)(Nc1ccc([N+](=O)[O-])cc1[N+](=O)[O-])C1CC1. The normalized spacial score (nSPS) is 15.1. The third-order valence-corrected chi connectivity index (χ3v) is 3.44. The Kier molecular flexibility index (Phi) is 3.13. The summed E-state index contributed by atoms with van der Waals surface area (Å²) in [6, 6.07) is 3.67. The van der Waals surface area contributed by atoms with E-state index in [2.05, 4.69) is 5.32 Å². The van der Waals surface area contributed by atoms with Gasteiger partial charge in [-0.25, -0.2) is 0 Å². The number of non-ortho nitro benzene ring substituents is 1.